The highest BCUT2D eigenvalue weighted by Crippen LogP contribution is 2.24. The summed E-state index contributed by atoms with van der Waals surface area (Å²) in [6.45, 7) is 3.69. The molecule has 1 aliphatic rings. The summed E-state index contributed by atoms with van der Waals surface area (Å²) in [6, 6.07) is 0. The first-order valence-electron chi connectivity index (χ1n) is 24.8. The molecule has 1 heterocycles. The summed E-state index contributed by atoms with van der Waals surface area (Å²) < 4.78 is 54.1. The van der Waals surface area contributed by atoms with Crippen LogP contribution >= 0.6 is 0 Å². The number of unbranched alkanes of at least 4 members (excludes halogenated alkanes) is 19. The number of rotatable bonds is 41. The third-order valence-corrected chi connectivity index (χ3v) is 11.9. The lowest BCUT2D eigenvalue weighted by Crippen LogP contribution is -2.60. The van der Waals surface area contributed by atoms with Gasteiger partial charge in [-0.05, 0) is 51.4 Å². The molecule has 0 radical (unpaired) electrons. The van der Waals surface area contributed by atoms with E-state index in [4.69, 9.17) is 18.9 Å². The Bertz CT molecular complexity index is 1410. The van der Waals surface area contributed by atoms with Gasteiger partial charge in [0, 0.05) is 12.8 Å². The molecule has 1 rings (SSSR count). The Morgan fingerprint density at radius 1 is 0.531 bits per heavy atom. The van der Waals surface area contributed by atoms with Gasteiger partial charge in [0.15, 0.2) is 12.4 Å². The van der Waals surface area contributed by atoms with Gasteiger partial charge in [0.25, 0.3) is 10.1 Å². The third-order valence-electron chi connectivity index (χ3n) is 11.1. The van der Waals surface area contributed by atoms with Gasteiger partial charge in [0.05, 0.1) is 6.61 Å². The fourth-order valence-corrected chi connectivity index (χ4v) is 7.94. The highest BCUT2D eigenvalue weighted by Gasteiger charge is 2.46. The van der Waals surface area contributed by atoms with Gasteiger partial charge < -0.3 is 34.3 Å². The molecule has 0 aromatic heterocycles. The molecule has 1 fully saturated rings. The van der Waals surface area contributed by atoms with Crippen molar-refractivity contribution in [1.82, 2.24) is 0 Å². The number of esters is 2. The lowest BCUT2D eigenvalue weighted by molar-refractivity contribution is -0.297. The molecule has 0 aromatic rings. The van der Waals surface area contributed by atoms with Crippen LogP contribution in [-0.2, 0) is 38.7 Å². The Morgan fingerprint density at radius 2 is 0.969 bits per heavy atom. The molecule has 13 heteroatoms. The molecular formula is C51H88O12S. The summed E-state index contributed by atoms with van der Waals surface area (Å²) in [5, 5.41) is 30.9. The minimum absolute atomic E-state index is 0.0950. The first-order valence-corrected chi connectivity index (χ1v) is 26.5. The first-order chi connectivity index (χ1) is 31.0. The van der Waals surface area contributed by atoms with Gasteiger partial charge in [-0.15, -0.1) is 0 Å². The second-order valence-corrected chi connectivity index (χ2v) is 18.6. The van der Waals surface area contributed by atoms with E-state index in [9.17, 15) is 37.9 Å². The van der Waals surface area contributed by atoms with E-state index in [1.165, 1.54) is 103 Å². The van der Waals surface area contributed by atoms with E-state index >= 15 is 0 Å². The number of aliphatic hydroxyl groups excluding tert-OH is 3. The maximum atomic E-state index is 12.8. The van der Waals surface area contributed by atoms with Gasteiger partial charge in [-0.3, -0.25) is 14.1 Å². The molecule has 0 amide bonds. The summed E-state index contributed by atoms with van der Waals surface area (Å²) in [7, 11) is -4.61. The number of allylic oxidation sites excluding steroid dienone is 10. The zero-order chi connectivity index (χ0) is 46.9. The number of carbonyl (C=O) groups excluding carboxylic acids is 2. The Balaban J connectivity index is 2.45. The van der Waals surface area contributed by atoms with Crippen molar-refractivity contribution in [3.63, 3.8) is 0 Å². The number of aliphatic hydroxyl groups is 3. The molecule has 1 aliphatic heterocycles. The van der Waals surface area contributed by atoms with Gasteiger partial charge in [-0.2, -0.15) is 8.42 Å². The Labute approximate surface area is 387 Å². The van der Waals surface area contributed by atoms with E-state index in [1.54, 1.807) is 0 Å². The van der Waals surface area contributed by atoms with Crippen molar-refractivity contribution < 1.29 is 56.8 Å². The van der Waals surface area contributed by atoms with Crippen molar-refractivity contribution in [3.05, 3.63) is 60.8 Å². The van der Waals surface area contributed by atoms with Gasteiger partial charge >= 0.3 is 11.9 Å². The van der Waals surface area contributed by atoms with Crippen molar-refractivity contribution in [1.29, 1.82) is 0 Å². The molecule has 2 unspecified atom stereocenters. The zero-order valence-corrected chi connectivity index (χ0v) is 40.4. The molecule has 370 valence electrons. The van der Waals surface area contributed by atoms with E-state index in [2.05, 4.69) is 62.5 Å². The molecule has 4 N–H and O–H groups in total. The van der Waals surface area contributed by atoms with Crippen LogP contribution in [0.25, 0.3) is 0 Å². The average molecular weight is 925 g/mol. The molecule has 6 atom stereocenters. The standard InChI is InChI=1S/C51H88O12S/c1-3-5-7-9-11-13-15-17-19-21-22-24-25-27-29-31-33-35-37-39-46(52)60-41-44(42-61-51-50(56)49(55)48(54)45(63-51)43-64(57,58)59)62-47(53)40-38-36-34-32-30-28-26-23-20-18-16-14-12-10-8-6-4-2/h11,13,17,19,22,24,27,29,33,35,44-45,48-51,54-56H,3-10,12,14-16,18,20-21,23,25-26,28,30-32,34,36-43H2,1-2H3,(H,57,58,59)/b13-11+,19-17+,24-22+,29-27+,35-33+/t44-,45-,48-,49?,50?,51+/m1/s1. The van der Waals surface area contributed by atoms with Crippen molar-refractivity contribution in [2.75, 3.05) is 19.0 Å². The van der Waals surface area contributed by atoms with Gasteiger partial charge in [-0.1, -0.05) is 190 Å². The van der Waals surface area contributed by atoms with Crippen LogP contribution < -0.4 is 0 Å². The smallest absolute Gasteiger partial charge is 0.306 e. The van der Waals surface area contributed by atoms with Crippen molar-refractivity contribution in [2.45, 2.75) is 230 Å². The largest absolute Gasteiger partial charge is 0.462 e. The van der Waals surface area contributed by atoms with Crippen LogP contribution in [0.5, 0.6) is 0 Å². The summed E-state index contributed by atoms with van der Waals surface area (Å²) in [6.07, 6.45) is 41.3. The van der Waals surface area contributed by atoms with Crippen LogP contribution in [0.2, 0.25) is 0 Å². The molecule has 0 spiro atoms. The van der Waals surface area contributed by atoms with Crippen LogP contribution in [0.1, 0.15) is 194 Å². The molecule has 0 bridgehead atoms. The van der Waals surface area contributed by atoms with Crippen molar-refractivity contribution >= 4 is 22.1 Å². The van der Waals surface area contributed by atoms with Gasteiger partial charge in [0.1, 0.15) is 36.8 Å². The average Bonchev–Trinajstić information content (AvgIpc) is 3.26. The molecule has 0 saturated carbocycles. The van der Waals surface area contributed by atoms with Crippen LogP contribution in [0.15, 0.2) is 60.8 Å². The minimum atomic E-state index is -4.61. The number of carbonyl (C=O) groups is 2. The van der Waals surface area contributed by atoms with Crippen LogP contribution in [0.4, 0.5) is 0 Å². The summed E-state index contributed by atoms with van der Waals surface area (Å²) in [5.41, 5.74) is 0. The van der Waals surface area contributed by atoms with E-state index in [1.807, 2.05) is 12.2 Å². The summed E-state index contributed by atoms with van der Waals surface area (Å²) >= 11 is 0. The molecule has 0 aliphatic carbocycles. The third kappa shape index (κ3) is 34.7. The first kappa shape index (κ1) is 59.4. The number of ether oxygens (including phenoxy) is 4. The zero-order valence-electron chi connectivity index (χ0n) is 39.6. The monoisotopic (exact) mass is 925 g/mol. The Hall–Kier alpha value is -2.65. The van der Waals surface area contributed by atoms with Gasteiger partial charge in [0.2, 0.25) is 0 Å². The van der Waals surface area contributed by atoms with E-state index in [0.717, 1.165) is 51.4 Å². The highest BCUT2D eigenvalue weighted by molar-refractivity contribution is 7.85. The second-order valence-electron chi connectivity index (χ2n) is 17.1. The predicted octanol–water partition coefficient (Wildman–Crippen LogP) is 10.9. The predicted molar refractivity (Wildman–Crippen MR) is 256 cm³/mol. The fraction of sp³-hybridized carbons (Fsp3) is 0.765. The van der Waals surface area contributed by atoms with Crippen LogP contribution in [0, 0.1) is 0 Å². The maximum absolute atomic E-state index is 12.8. The van der Waals surface area contributed by atoms with Crippen LogP contribution in [-0.4, -0.2) is 96.0 Å². The quantitative estimate of drug-likeness (QED) is 0.0197. The van der Waals surface area contributed by atoms with E-state index in [-0.39, 0.29) is 19.4 Å². The number of hydrogen-bond acceptors (Lipinski definition) is 11. The molecule has 1 saturated heterocycles. The normalized spacial score (nSPS) is 20.1. The maximum Gasteiger partial charge on any atom is 0.306 e. The molecule has 0 aromatic carbocycles. The Morgan fingerprint density at radius 3 is 1.45 bits per heavy atom. The Kier molecular flexibility index (Phi) is 37.7. The highest BCUT2D eigenvalue weighted by atomic mass is 32.2. The SMILES string of the molecule is CCCCC/C=C/C/C=C/C/C=C/C/C=C/C/C=C/CCC(=O)OC[C@H](CO[C@H]1O[C@H](CS(=O)(=O)O)[C@@H](O)C(O)C1O)OC(=O)CCCCCCCCCCCCCCCCCCC. The molecule has 12 nitrogen and oxygen atoms in total. The van der Waals surface area contributed by atoms with Crippen molar-refractivity contribution in [3.8, 4) is 0 Å². The topological polar surface area (TPSA) is 186 Å². The van der Waals surface area contributed by atoms with E-state index in [0.29, 0.717) is 12.8 Å². The summed E-state index contributed by atoms with van der Waals surface area (Å²) in [5.74, 6) is -2.09. The van der Waals surface area contributed by atoms with Gasteiger partial charge in [-0.25, -0.2) is 0 Å². The lowest BCUT2D eigenvalue weighted by Gasteiger charge is -2.40. The molecule has 64 heavy (non-hydrogen) atoms. The van der Waals surface area contributed by atoms with E-state index < -0.39 is 71.2 Å². The van der Waals surface area contributed by atoms with Crippen LogP contribution in [0.3, 0.4) is 0 Å². The fourth-order valence-electron chi connectivity index (χ4n) is 7.25. The minimum Gasteiger partial charge on any atom is -0.462 e. The summed E-state index contributed by atoms with van der Waals surface area (Å²) in [4.78, 5) is 25.5. The number of hydrogen-bond donors (Lipinski definition) is 4. The molecular weight excluding hydrogens is 837 g/mol. The lowest BCUT2D eigenvalue weighted by atomic mass is 10.00. The second kappa shape index (κ2) is 40.6. The van der Waals surface area contributed by atoms with Crippen molar-refractivity contribution in [2.24, 2.45) is 0 Å².